The topological polar surface area (TPSA) is 49.4 Å². The van der Waals surface area contributed by atoms with Crippen LogP contribution in [-0.2, 0) is 9.59 Å². The predicted octanol–water partition coefficient (Wildman–Crippen LogP) is 0.0909. The molecule has 2 amide bonds. The Morgan fingerprint density at radius 3 is 2.58 bits per heavy atom. The van der Waals surface area contributed by atoms with Crippen LogP contribution in [0.3, 0.4) is 0 Å². The molecule has 1 heterocycles. The lowest BCUT2D eigenvalue weighted by molar-refractivity contribution is -0.131. The molecule has 1 saturated heterocycles. The third kappa shape index (κ3) is 1.96. The van der Waals surface area contributed by atoms with Gasteiger partial charge in [-0.25, -0.2) is 0 Å². The number of carbonyl (C=O) groups excluding carboxylic acids is 2. The van der Waals surface area contributed by atoms with Crippen LogP contribution < -0.4 is 5.32 Å². The zero-order chi connectivity index (χ0) is 9.14. The molecule has 1 aliphatic heterocycles. The highest BCUT2D eigenvalue weighted by Crippen LogP contribution is 2.14. The average molecular weight is 170 g/mol. The van der Waals surface area contributed by atoms with Crippen molar-refractivity contribution in [1.82, 2.24) is 10.2 Å². The molecule has 0 radical (unpaired) electrons. The zero-order valence-corrected chi connectivity index (χ0v) is 7.46. The number of rotatable bonds is 1. The summed E-state index contributed by atoms with van der Waals surface area (Å²) in [5.41, 5.74) is 0. The van der Waals surface area contributed by atoms with Crippen LogP contribution in [0.1, 0.15) is 26.7 Å². The van der Waals surface area contributed by atoms with Crippen molar-refractivity contribution in [2.24, 2.45) is 0 Å². The monoisotopic (exact) mass is 170 g/mol. The molecule has 0 aromatic carbocycles. The van der Waals surface area contributed by atoms with Crippen LogP contribution in [0.2, 0.25) is 0 Å². The predicted molar refractivity (Wildman–Crippen MR) is 44.2 cm³/mol. The first-order valence-corrected chi connectivity index (χ1v) is 4.15. The number of carbonyl (C=O) groups is 2. The van der Waals surface area contributed by atoms with Gasteiger partial charge in [-0.05, 0) is 12.8 Å². The summed E-state index contributed by atoms with van der Waals surface area (Å²) in [6, 6.07) is 0. The van der Waals surface area contributed by atoms with Crippen molar-refractivity contribution < 1.29 is 9.59 Å². The van der Waals surface area contributed by atoms with Crippen molar-refractivity contribution >= 4 is 11.8 Å². The van der Waals surface area contributed by atoms with Gasteiger partial charge in [-0.1, -0.05) is 0 Å². The minimum Gasteiger partial charge on any atom is -0.336 e. The molecule has 1 rings (SSSR count). The molecule has 4 heteroatoms. The van der Waals surface area contributed by atoms with Crippen molar-refractivity contribution in [1.29, 1.82) is 0 Å². The van der Waals surface area contributed by atoms with Gasteiger partial charge in [0.25, 0.3) is 0 Å². The highest BCUT2D eigenvalue weighted by Gasteiger charge is 2.26. The Morgan fingerprint density at radius 1 is 1.42 bits per heavy atom. The Bertz CT molecular complexity index is 203. The smallest absolute Gasteiger partial charge is 0.221 e. The number of nitrogens with zero attached hydrogens (tertiary/aromatic N) is 1. The van der Waals surface area contributed by atoms with Gasteiger partial charge in [-0.2, -0.15) is 0 Å². The van der Waals surface area contributed by atoms with Crippen molar-refractivity contribution in [2.45, 2.75) is 32.9 Å². The van der Waals surface area contributed by atoms with E-state index in [1.807, 2.05) is 0 Å². The van der Waals surface area contributed by atoms with E-state index in [-0.39, 0.29) is 18.0 Å². The van der Waals surface area contributed by atoms with E-state index in [2.05, 4.69) is 5.32 Å². The number of likely N-dealkylation sites (tertiary alicyclic amines) is 1. The van der Waals surface area contributed by atoms with E-state index in [1.54, 1.807) is 4.90 Å². The summed E-state index contributed by atoms with van der Waals surface area (Å²) in [5.74, 6) is -0.0422. The number of nitrogens with one attached hydrogen (secondary N) is 1. The first-order valence-electron chi connectivity index (χ1n) is 4.15. The van der Waals surface area contributed by atoms with E-state index in [0.717, 1.165) is 19.4 Å². The molecule has 0 aliphatic carbocycles. The first-order chi connectivity index (χ1) is 5.61. The molecular formula is C8H14N2O2. The maximum atomic E-state index is 11.0. The molecule has 0 aromatic rings. The van der Waals surface area contributed by atoms with Crippen LogP contribution in [0.25, 0.3) is 0 Å². The standard InChI is InChI=1S/C8H14N2O2/c1-6(11)9-8-4-3-5-10(8)7(2)12/h8H,3-5H2,1-2H3,(H,9,11)/t8-/m0/s1. The van der Waals surface area contributed by atoms with E-state index >= 15 is 0 Å². The Kier molecular flexibility index (Phi) is 2.68. The maximum absolute atomic E-state index is 11.0. The molecule has 0 aromatic heterocycles. The van der Waals surface area contributed by atoms with Gasteiger partial charge in [0, 0.05) is 20.4 Å². The molecule has 68 valence electrons. The molecule has 0 unspecified atom stereocenters. The molecule has 4 nitrogen and oxygen atoms in total. The summed E-state index contributed by atoms with van der Waals surface area (Å²) in [6.45, 7) is 3.76. The number of hydrogen-bond acceptors (Lipinski definition) is 2. The second-order valence-electron chi connectivity index (χ2n) is 3.07. The lowest BCUT2D eigenvalue weighted by Gasteiger charge is -2.23. The second-order valence-corrected chi connectivity index (χ2v) is 3.07. The molecule has 0 bridgehead atoms. The van der Waals surface area contributed by atoms with Crippen molar-refractivity contribution in [3.05, 3.63) is 0 Å². The van der Waals surface area contributed by atoms with Crippen LogP contribution in [-0.4, -0.2) is 29.4 Å². The number of hydrogen-bond donors (Lipinski definition) is 1. The van der Waals surface area contributed by atoms with Crippen molar-refractivity contribution in [3.8, 4) is 0 Å². The second kappa shape index (κ2) is 3.56. The van der Waals surface area contributed by atoms with Crippen LogP contribution in [0.5, 0.6) is 0 Å². The molecule has 1 aliphatic rings. The maximum Gasteiger partial charge on any atom is 0.221 e. The van der Waals surface area contributed by atoms with Gasteiger partial charge in [0.2, 0.25) is 11.8 Å². The van der Waals surface area contributed by atoms with Gasteiger partial charge >= 0.3 is 0 Å². The van der Waals surface area contributed by atoms with E-state index in [0.29, 0.717) is 0 Å². The van der Waals surface area contributed by atoms with Crippen LogP contribution >= 0.6 is 0 Å². The molecule has 1 N–H and O–H groups in total. The van der Waals surface area contributed by atoms with Gasteiger partial charge in [-0.15, -0.1) is 0 Å². The summed E-state index contributed by atoms with van der Waals surface area (Å²) in [4.78, 5) is 23.4. The summed E-state index contributed by atoms with van der Waals surface area (Å²) in [5, 5.41) is 2.74. The molecule has 1 atom stereocenters. The quantitative estimate of drug-likeness (QED) is 0.606. The minimum absolute atomic E-state index is 0.0336. The summed E-state index contributed by atoms with van der Waals surface area (Å²) in [6.07, 6.45) is 1.78. The highest BCUT2D eigenvalue weighted by molar-refractivity contribution is 5.76. The first kappa shape index (κ1) is 9.03. The fourth-order valence-corrected chi connectivity index (χ4v) is 1.53. The Hall–Kier alpha value is -1.06. The lowest BCUT2D eigenvalue weighted by atomic mass is 10.3. The Labute approximate surface area is 71.9 Å². The third-order valence-electron chi connectivity index (χ3n) is 2.03. The van der Waals surface area contributed by atoms with E-state index in [9.17, 15) is 9.59 Å². The van der Waals surface area contributed by atoms with Gasteiger partial charge in [-0.3, -0.25) is 9.59 Å². The minimum atomic E-state index is -0.0758. The largest absolute Gasteiger partial charge is 0.336 e. The summed E-state index contributed by atoms with van der Waals surface area (Å²) >= 11 is 0. The van der Waals surface area contributed by atoms with Gasteiger partial charge in [0.05, 0.1) is 0 Å². The van der Waals surface area contributed by atoms with Gasteiger partial charge in [0.1, 0.15) is 6.17 Å². The molecular weight excluding hydrogens is 156 g/mol. The number of amides is 2. The molecule has 0 spiro atoms. The van der Waals surface area contributed by atoms with Crippen LogP contribution in [0.4, 0.5) is 0 Å². The van der Waals surface area contributed by atoms with Crippen LogP contribution in [0, 0.1) is 0 Å². The highest BCUT2D eigenvalue weighted by atomic mass is 16.2. The average Bonchev–Trinajstić information content (AvgIpc) is 2.33. The molecule has 12 heavy (non-hydrogen) atoms. The van der Waals surface area contributed by atoms with E-state index in [1.165, 1.54) is 13.8 Å². The van der Waals surface area contributed by atoms with E-state index in [4.69, 9.17) is 0 Å². The summed E-state index contributed by atoms with van der Waals surface area (Å²) in [7, 11) is 0. The molecule has 0 saturated carbocycles. The Balaban J connectivity index is 2.52. The van der Waals surface area contributed by atoms with Gasteiger partial charge < -0.3 is 10.2 Å². The Morgan fingerprint density at radius 2 is 2.08 bits per heavy atom. The molecule has 1 fully saturated rings. The third-order valence-corrected chi connectivity index (χ3v) is 2.03. The fourth-order valence-electron chi connectivity index (χ4n) is 1.53. The fraction of sp³-hybridized carbons (Fsp3) is 0.750. The zero-order valence-electron chi connectivity index (χ0n) is 7.46. The summed E-state index contributed by atoms with van der Waals surface area (Å²) < 4.78 is 0. The van der Waals surface area contributed by atoms with Crippen LogP contribution in [0.15, 0.2) is 0 Å². The van der Waals surface area contributed by atoms with Crippen molar-refractivity contribution in [3.63, 3.8) is 0 Å². The SMILES string of the molecule is CC(=O)N[C@@H]1CCCN1C(C)=O. The van der Waals surface area contributed by atoms with E-state index < -0.39 is 0 Å². The lowest BCUT2D eigenvalue weighted by Crippen LogP contribution is -2.45. The van der Waals surface area contributed by atoms with Crippen molar-refractivity contribution in [2.75, 3.05) is 6.54 Å². The van der Waals surface area contributed by atoms with Gasteiger partial charge in [0.15, 0.2) is 0 Å². The normalized spacial score (nSPS) is 22.5.